The van der Waals surface area contributed by atoms with Gasteiger partial charge in [-0.3, -0.25) is 4.79 Å². The van der Waals surface area contributed by atoms with Crippen LogP contribution in [0.5, 0.6) is 5.75 Å². The summed E-state index contributed by atoms with van der Waals surface area (Å²) in [4.78, 5) is 11.3. The van der Waals surface area contributed by atoms with E-state index >= 15 is 0 Å². The van der Waals surface area contributed by atoms with Crippen molar-refractivity contribution in [1.29, 1.82) is 0 Å². The number of aryl methyl sites for hydroxylation is 1. The minimum absolute atomic E-state index is 0.0720. The Morgan fingerprint density at radius 1 is 1.25 bits per heavy atom. The molecule has 0 aliphatic carbocycles. The molecule has 1 aliphatic heterocycles. The maximum absolute atomic E-state index is 11.3. The van der Waals surface area contributed by atoms with Crippen LogP contribution in [-0.2, 0) is 11.2 Å². The van der Waals surface area contributed by atoms with Gasteiger partial charge in [0.25, 0.3) is 0 Å². The summed E-state index contributed by atoms with van der Waals surface area (Å²) in [6.07, 6.45) is 3.06. The van der Waals surface area contributed by atoms with Gasteiger partial charge in [-0.25, -0.2) is 0 Å². The smallest absolute Gasteiger partial charge is 0.224 e. The summed E-state index contributed by atoms with van der Waals surface area (Å²) >= 11 is 0. The highest BCUT2D eigenvalue weighted by Gasteiger charge is 2.14. The normalized spacial score (nSPS) is 13.8. The molecule has 1 aromatic carbocycles. The topological polar surface area (TPSA) is 70.6 Å². The Kier molecular flexibility index (Phi) is 5.83. The van der Waals surface area contributed by atoms with Gasteiger partial charge in [-0.05, 0) is 44.0 Å². The number of carbonyl (C=O) groups is 1. The molecule has 0 radical (unpaired) electrons. The molecule has 0 saturated heterocycles. The lowest BCUT2D eigenvalue weighted by molar-refractivity contribution is -0.116. The highest BCUT2D eigenvalue weighted by atomic mass is 16.5. The maximum Gasteiger partial charge on any atom is 0.224 e. The van der Waals surface area contributed by atoms with Crippen molar-refractivity contribution in [3.63, 3.8) is 0 Å². The second-order valence-electron chi connectivity index (χ2n) is 4.90. The van der Waals surface area contributed by atoms with E-state index in [0.29, 0.717) is 13.0 Å². The largest absolute Gasteiger partial charge is 0.493 e. The van der Waals surface area contributed by atoms with Gasteiger partial charge in [-0.1, -0.05) is 6.07 Å². The van der Waals surface area contributed by atoms with Crippen LogP contribution in [0.25, 0.3) is 0 Å². The zero-order valence-corrected chi connectivity index (χ0v) is 11.7. The molecular formula is C15H22N2O3. The number of aliphatic hydroxyl groups is 1. The standard InChI is InChI=1S/C15H22N2O3/c18-9-1-7-16-8-2-10-20-13-5-3-12-4-6-15(19)17-14(12)11-13/h3,5,11,16,18H,1-2,4,6-10H2,(H,17,19). The lowest BCUT2D eigenvalue weighted by Gasteiger charge is -2.17. The molecule has 0 atom stereocenters. The summed E-state index contributed by atoms with van der Waals surface area (Å²) in [6, 6.07) is 5.87. The molecule has 0 bridgehead atoms. The number of rotatable bonds is 8. The fourth-order valence-electron chi connectivity index (χ4n) is 2.16. The molecule has 1 aromatic rings. The van der Waals surface area contributed by atoms with E-state index in [4.69, 9.17) is 9.84 Å². The Labute approximate surface area is 119 Å². The van der Waals surface area contributed by atoms with E-state index in [1.807, 2.05) is 18.2 Å². The molecule has 20 heavy (non-hydrogen) atoms. The van der Waals surface area contributed by atoms with E-state index in [2.05, 4.69) is 10.6 Å². The van der Waals surface area contributed by atoms with Gasteiger partial charge in [-0.2, -0.15) is 0 Å². The number of ether oxygens (including phenoxy) is 1. The third-order valence-corrected chi connectivity index (χ3v) is 3.26. The number of hydrogen-bond donors (Lipinski definition) is 3. The van der Waals surface area contributed by atoms with Gasteiger partial charge in [0.1, 0.15) is 5.75 Å². The van der Waals surface area contributed by atoms with Crippen molar-refractivity contribution in [3.05, 3.63) is 23.8 Å². The second kappa shape index (κ2) is 7.87. The molecule has 0 saturated carbocycles. The van der Waals surface area contributed by atoms with Crippen LogP contribution in [0.4, 0.5) is 5.69 Å². The van der Waals surface area contributed by atoms with Crippen molar-refractivity contribution in [2.24, 2.45) is 0 Å². The molecule has 1 amide bonds. The first-order chi connectivity index (χ1) is 9.79. The molecule has 0 unspecified atom stereocenters. The Morgan fingerprint density at radius 3 is 2.95 bits per heavy atom. The number of benzene rings is 1. The van der Waals surface area contributed by atoms with E-state index < -0.39 is 0 Å². The van der Waals surface area contributed by atoms with Gasteiger partial charge < -0.3 is 20.5 Å². The van der Waals surface area contributed by atoms with Gasteiger partial charge in [0.15, 0.2) is 0 Å². The van der Waals surface area contributed by atoms with Crippen LogP contribution in [0.2, 0.25) is 0 Å². The number of nitrogens with one attached hydrogen (secondary N) is 2. The Balaban J connectivity index is 1.71. The van der Waals surface area contributed by atoms with E-state index in [1.165, 1.54) is 5.56 Å². The lowest BCUT2D eigenvalue weighted by atomic mass is 10.0. The number of aliphatic hydroxyl groups excluding tert-OH is 1. The number of anilines is 1. The monoisotopic (exact) mass is 278 g/mol. The maximum atomic E-state index is 11.3. The highest BCUT2D eigenvalue weighted by Crippen LogP contribution is 2.27. The van der Waals surface area contributed by atoms with Crippen LogP contribution < -0.4 is 15.4 Å². The molecule has 1 heterocycles. The summed E-state index contributed by atoms with van der Waals surface area (Å²) in [5, 5.41) is 14.7. The highest BCUT2D eigenvalue weighted by molar-refractivity contribution is 5.94. The molecule has 5 heteroatoms. The van der Waals surface area contributed by atoms with Gasteiger partial charge in [0.2, 0.25) is 5.91 Å². The number of fused-ring (bicyclic) bond motifs is 1. The molecule has 2 rings (SSSR count). The number of amides is 1. The zero-order valence-electron chi connectivity index (χ0n) is 11.7. The van der Waals surface area contributed by atoms with Crippen LogP contribution in [0.1, 0.15) is 24.8 Å². The molecule has 5 nitrogen and oxygen atoms in total. The van der Waals surface area contributed by atoms with E-state index in [1.54, 1.807) is 0 Å². The first-order valence-corrected chi connectivity index (χ1v) is 7.17. The van der Waals surface area contributed by atoms with E-state index in [9.17, 15) is 4.79 Å². The van der Waals surface area contributed by atoms with Crippen LogP contribution in [-0.4, -0.2) is 37.3 Å². The van der Waals surface area contributed by atoms with Gasteiger partial charge in [0.05, 0.1) is 6.61 Å². The molecule has 1 aliphatic rings. The Hall–Kier alpha value is -1.59. The van der Waals surface area contributed by atoms with Crippen LogP contribution in [0.15, 0.2) is 18.2 Å². The Morgan fingerprint density at radius 2 is 2.10 bits per heavy atom. The summed E-state index contributed by atoms with van der Waals surface area (Å²) in [5.74, 6) is 0.865. The van der Waals surface area contributed by atoms with Crippen LogP contribution >= 0.6 is 0 Å². The summed E-state index contributed by atoms with van der Waals surface area (Å²) in [6.45, 7) is 2.58. The number of hydrogen-bond acceptors (Lipinski definition) is 4. The van der Waals surface area contributed by atoms with Gasteiger partial charge in [0, 0.05) is 24.8 Å². The summed E-state index contributed by atoms with van der Waals surface area (Å²) < 4.78 is 5.67. The lowest BCUT2D eigenvalue weighted by Crippen LogP contribution is -2.20. The minimum Gasteiger partial charge on any atom is -0.493 e. The average molecular weight is 278 g/mol. The predicted molar refractivity (Wildman–Crippen MR) is 78.1 cm³/mol. The van der Waals surface area contributed by atoms with Crippen molar-refractivity contribution in [2.45, 2.75) is 25.7 Å². The van der Waals surface area contributed by atoms with Crippen molar-refractivity contribution < 1.29 is 14.6 Å². The first kappa shape index (κ1) is 14.8. The predicted octanol–water partition coefficient (Wildman–Crippen LogP) is 1.31. The summed E-state index contributed by atoms with van der Waals surface area (Å²) in [5.41, 5.74) is 2.04. The van der Waals surface area contributed by atoms with Crippen LogP contribution in [0, 0.1) is 0 Å². The third kappa shape index (κ3) is 4.51. The fourth-order valence-corrected chi connectivity index (χ4v) is 2.16. The molecule has 110 valence electrons. The average Bonchev–Trinajstić information content (AvgIpc) is 2.46. The Bertz CT molecular complexity index is 449. The molecule has 0 fully saturated rings. The third-order valence-electron chi connectivity index (χ3n) is 3.26. The molecule has 0 aromatic heterocycles. The van der Waals surface area contributed by atoms with Gasteiger partial charge >= 0.3 is 0 Å². The van der Waals surface area contributed by atoms with Crippen LogP contribution in [0.3, 0.4) is 0 Å². The molecule has 3 N–H and O–H groups in total. The number of carbonyl (C=O) groups excluding carboxylic acids is 1. The summed E-state index contributed by atoms with van der Waals surface area (Å²) in [7, 11) is 0. The minimum atomic E-state index is 0.0720. The first-order valence-electron chi connectivity index (χ1n) is 7.17. The van der Waals surface area contributed by atoms with Crippen molar-refractivity contribution >= 4 is 11.6 Å². The van der Waals surface area contributed by atoms with E-state index in [0.717, 1.165) is 43.8 Å². The van der Waals surface area contributed by atoms with Crippen molar-refractivity contribution in [1.82, 2.24) is 5.32 Å². The SMILES string of the molecule is O=C1CCc2ccc(OCCCNCCCO)cc2N1. The zero-order chi connectivity index (χ0) is 14.2. The van der Waals surface area contributed by atoms with Crippen molar-refractivity contribution in [3.8, 4) is 5.75 Å². The molecular weight excluding hydrogens is 256 g/mol. The second-order valence-corrected chi connectivity index (χ2v) is 4.90. The fraction of sp³-hybridized carbons (Fsp3) is 0.533. The van der Waals surface area contributed by atoms with Gasteiger partial charge in [-0.15, -0.1) is 0 Å². The van der Waals surface area contributed by atoms with Crippen molar-refractivity contribution in [2.75, 3.05) is 31.6 Å². The molecule has 0 spiro atoms. The quantitative estimate of drug-likeness (QED) is 0.627. The van der Waals surface area contributed by atoms with E-state index in [-0.39, 0.29) is 12.5 Å².